The maximum atomic E-state index is 14.1. The van der Waals surface area contributed by atoms with E-state index in [4.69, 9.17) is 0 Å². The summed E-state index contributed by atoms with van der Waals surface area (Å²) in [6.45, 7) is 5.25. The summed E-state index contributed by atoms with van der Waals surface area (Å²) in [5.41, 5.74) is 3.13. The zero-order valence-corrected chi connectivity index (χ0v) is 26.6. The van der Waals surface area contributed by atoms with E-state index < -0.39 is 29.0 Å². The van der Waals surface area contributed by atoms with Gasteiger partial charge in [-0.15, -0.1) is 0 Å². The Balaban J connectivity index is 1.68. The van der Waals surface area contributed by atoms with Gasteiger partial charge in [0.1, 0.15) is 17.2 Å². The second-order valence-electron chi connectivity index (χ2n) is 11.5. The minimum absolute atomic E-state index is 0.294. The molecule has 3 aromatic rings. The van der Waals surface area contributed by atoms with Crippen LogP contribution in [0.2, 0.25) is 0 Å². The van der Waals surface area contributed by atoms with Crippen molar-refractivity contribution < 1.29 is 23.5 Å². The zero-order valence-electron chi connectivity index (χ0n) is 25.0. The Labute approximate surface area is 261 Å². The molecule has 1 saturated heterocycles. The number of amides is 1. The van der Waals surface area contributed by atoms with Gasteiger partial charge in [-0.05, 0) is 115 Å². The number of carbonyl (C=O) groups excluding carboxylic acids is 1. The molecule has 0 saturated carbocycles. The van der Waals surface area contributed by atoms with Crippen LogP contribution in [0, 0.1) is 24.5 Å². The predicted octanol–water partition coefficient (Wildman–Crippen LogP) is 7.41. The predicted molar refractivity (Wildman–Crippen MR) is 174 cm³/mol. The first kappa shape index (κ1) is 33.0. The van der Waals surface area contributed by atoms with Gasteiger partial charge >= 0.3 is 5.97 Å². The van der Waals surface area contributed by atoms with Crippen molar-refractivity contribution in [3.63, 3.8) is 0 Å². The fraction of sp³-hybridized carbons (Fsp3) is 0.412. The number of halogens is 2. The molecule has 0 bridgehead atoms. The minimum Gasteiger partial charge on any atom is -0.480 e. The molecule has 43 heavy (non-hydrogen) atoms. The smallest absolute Gasteiger partial charge is 0.329 e. The fourth-order valence-electron chi connectivity index (χ4n) is 5.53. The Hall–Kier alpha value is -2.88. The van der Waals surface area contributed by atoms with Crippen molar-refractivity contribution in [2.24, 2.45) is 5.92 Å². The monoisotopic (exact) mass is 626 g/mol. The second-order valence-corrected chi connectivity index (χ2v) is 13.7. The van der Waals surface area contributed by atoms with E-state index in [0.717, 1.165) is 59.2 Å². The molecular weight excluding hydrogens is 587 g/mol. The maximum Gasteiger partial charge on any atom is 0.329 e. The Morgan fingerprint density at radius 2 is 1.67 bits per heavy atom. The number of aliphatic carboxylic acids is 1. The van der Waals surface area contributed by atoms with Gasteiger partial charge in [-0.1, -0.05) is 30.3 Å². The molecule has 0 aromatic heterocycles. The number of carboxylic acid groups (broad SMARTS) is 1. The summed E-state index contributed by atoms with van der Waals surface area (Å²) in [6, 6.07) is 17.1. The average Bonchev–Trinajstić information content (AvgIpc) is 2.96. The summed E-state index contributed by atoms with van der Waals surface area (Å²) in [6.07, 6.45) is 4.40. The highest BCUT2D eigenvalue weighted by Gasteiger charge is 2.35. The molecule has 1 aliphatic rings. The maximum absolute atomic E-state index is 14.1. The number of thioether (sulfide) groups is 2. The number of hydrogen-bond donors (Lipinski definition) is 2. The van der Waals surface area contributed by atoms with Crippen LogP contribution in [0.5, 0.6) is 0 Å². The van der Waals surface area contributed by atoms with Crippen molar-refractivity contribution in [3.05, 3.63) is 94.6 Å². The summed E-state index contributed by atoms with van der Waals surface area (Å²) in [5.74, 6) is 0.616. The standard InChI is InChI=1S/C34H40F2N2O3S2/c1-23-6-4-5-7-29(23)31-18-25(8-9-30(31)32(39)37-34(2,33(40)41)12-15-42-3)21-38(20-24-10-13-43-14-11-24)22-26-16-27(35)19-28(36)17-26/h4-9,16-19,24H,10-15,20-22H2,1-3H3,(H,37,39)(H,40,41). The summed E-state index contributed by atoms with van der Waals surface area (Å²) < 4.78 is 28.1. The van der Waals surface area contributed by atoms with Crippen LogP contribution in [0.4, 0.5) is 8.78 Å². The quantitative estimate of drug-likeness (QED) is 0.206. The van der Waals surface area contributed by atoms with Crippen molar-refractivity contribution in [3.8, 4) is 11.1 Å². The highest BCUT2D eigenvalue weighted by Crippen LogP contribution is 2.31. The van der Waals surface area contributed by atoms with Crippen molar-refractivity contribution in [1.82, 2.24) is 10.2 Å². The van der Waals surface area contributed by atoms with Crippen LogP contribution in [0.25, 0.3) is 11.1 Å². The number of benzene rings is 3. The molecule has 4 rings (SSSR count). The Bertz CT molecular complexity index is 1410. The molecule has 1 heterocycles. The van der Waals surface area contributed by atoms with Crippen molar-refractivity contribution in [1.29, 1.82) is 0 Å². The van der Waals surface area contributed by atoms with Gasteiger partial charge in [0.15, 0.2) is 0 Å². The van der Waals surface area contributed by atoms with E-state index in [0.29, 0.717) is 42.3 Å². The third kappa shape index (κ3) is 9.06. The highest BCUT2D eigenvalue weighted by molar-refractivity contribution is 7.99. The van der Waals surface area contributed by atoms with E-state index in [-0.39, 0.29) is 0 Å². The van der Waals surface area contributed by atoms with Gasteiger partial charge in [-0.25, -0.2) is 13.6 Å². The molecule has 1 amide bonds. The van der Waals surface area contributed by atoms with Crippen molar-refractivity contribution in [2.75, 3.05) is 30.1 Å². The van der Waals surface area contributed by atoms with Crippen LogP contribution in [-0.4, -0.2) is 57.5 Å². The van der Waals surface area contributed by atoms with Crippen molar-refractivity contribution in [2.45, 2.75) is 51.7 Å². The minimum atomic E-state index is -1.41. The van der Waals surface area contributed by atoms with E-state index >= 15 is 0 Å². The first-order valence-corrected chi connectivity index (χ1v) is 17.1. The number of carboxylic acids is 1. The number of rotatable bonds is 13. The lowest BCUT2D eigenvalue weighted by atomic mass is 9.92. The Kier molecular flexibility index (Phi) is 11.7. The van der Waals surface area contributed by atoms with Gasteiger partial charge in [0.2, 0.25) is 0 Å². The molecule has 0 aliphatic carbocycles. The van der Waals surface area contributed by atoms with Crippen molar-refractivity contribution >= 4 is 35.4 Å². The van der Waals surface area contributed by atoms with Crippen LogP contribution >= 0.6 is 23.5 Å². The zero-order chi connectivity index (χ0) is 31.0. The molecule has 1 atom stereocenters. The molecule has 1 fully saturated rings. The summed E-state index contributed by atoms with van der Waals surface area (Å²) in [7, 11) is 0. The number of nitrogens with zero attached hydrogens (tertiary/aromatic N) is 1. The average molecular weight is 627 g/mol. The van der Waals surface area contributed by atoms with Gasteiger partial charge in [-0.2, -0.15) is 23.5 Å². The van der Waals surface area contributed by atoms with Crippen LogP contribution in [-0.2, 0) is 17.9 Å². The van der Waals surface area contributed by atoms with Gasteiger partial charge in [0, 0.05) is 31.3 Å². The Morgan fingerprint density at radius 3 is 2.33 bits per heavy atom. The molecular formula is C34H40F2N2O3S2. The number of aryl methyl sites for hydroxylation is 1. The van der Waals surface area contributed by atoms with E-state index in [1.807, 2.05) is 61.3 Å². The molecule has 230 valence electrons. The second kappa shape index (κ2) is 15.2. The molecule has 0 radical (unpaired) electrons. The SMILES string of the molecule is CSCCC(C)(NC(=O)c1ccc(CN(Cc2cc(F)cc(F)c2)CC2CCSCC2)cc1-c1ccccc1C)C(=O)O. The van der Waals surface area contributed by atoms with E-state index in [1.54, 1.807) is 13.0 Å². The molecule has 9 heteroatoms. The molecule has 5 nitrogen and oxygen atoms in total. The van der Waals surface area contributed by atoms with Crippen LogP contribution < -0.4 is 5.32 Å². The van der Waals surface area contributed by atoms with E-state index in [2.05, 4.69) is 10.2 Å². The molecule has 3 aromatic carbocycles. The summed E-state index contributed by atoms with van der Waals surface area (Å²) >= 11 is 3.49. The first-order chi connectivity index (χ1) is 20.6. The first-order valence-electron chi connectivity index (χ1n) is 14.6. The topological polar surface area (TPSA) is 69.6 Å². The third-order valence-electron chi connectivity index (χ3n) is 8.02. The lowest BCUT2D eigenvalue weighted by Crippen LogP contribution is -2.52. The lowest BCUT2D eigenvalue weighted by Gasteiger charge is -2.30. The van der Waals surface area contributed by atoms with Gasteiger partial charge in [0.05, 0.1) is 0 Å². The van der Waals surface area contributed by atoms with Gasteiger partial charge in [0.25, 0.3) is 5.91 Å². The molecule has 2 N–H and O–H groups in total. The molecule has 1 aliphatic heterocycles. The van der Waals surface area contributed by atoms with Crippen LogP contribution in [0.3, 0.4) is 0 Å². The van der Waals surface area contributed by atoms with Gasteiger partial charge < -0.3 is 10.4 Å². The van der Waals surface area contributed by atoms with Gasteiger partial charge in [-0.3, -0.25) is 9.69 Å². The Morgan fingerprint density at radius 1 is 1.00 bits per heavy atom. The van der Waals surface area contributed by atoms with Crippen LogP contribution in [0.1, 0.15) is 53.2 Å². The largest absolute Gasteiger partial charge is 0.480 e. The summed E-state index contributed by atoms with van der Waals surface area (Å²) in [4.78, 5) is 28.1. The lowest BCUT2D eigenvalue weighted by molar-refractivity contribution is -0.143. The highest BCUT2D eigenvalue weighted by atomic mass is 32.2. The number of hydrogen-bond acceptors (Lipinski definition) is 5. The molecule has 1 unspecified atom stereocenters. The number of nitrogens with one attached hydrogen (secondary N) is 1. The van der Waals surface area contributed by atoms with Crippen LogP contribution in [0.15, 0.2) is 60.7 Å². The molecule has 0 spiro atoms. The number of carbonyl (C=O) groups is 2. The third-order valence-corrected chi connectivity index (χ3v) is 9.68. The van der Waals surface area contributed by atoms with E-state index in [1.165, 1.54) is 23.9 Å². The normalized spacial score (nSPS) is 15.3. The summed E-state index contributed by atoms with van der Waals surface area (Å²) in [5, 5.41) is 12.7. The fourth-order valence-corrected chi connectivity index (χ4v) is 7.35. The van der Waals surface area contributed by atoms with E-state index in [9.17, 15) is 23.5 Å².